The van der Waals surface area contributed by atoms with Gasteiger partial charge in [0.15, 0.2) is 0 Å². The van der Waals surface area contributed by atoms with Crippen LogP contribution in [0.15, 0.2) is 53.1 Å². The summed E-state index contributed by atoms with van der Waals surface area (Å²) < 4.78 is 5.17. The quantitative estimate of drug-likeness (QED) is 0.375. The summed E-state index contributed by atoms with van der Waals surface area (Å²) in [6.07, 6.45) is 0. The predicted octanol–water partition coefficient (Wildman–Crippen LogP) is 3.27. The van der Waals surface area contributed by atoms with Gasteiger partial charge in [-0.05, 0) is 24.6 Å². The molecule has 1 aromatic heterocycles. The second-order valence-electron chi connectivity index (χ2n) is 6.78. The van der Waals surface area contributed by atoms with E-state index in [-0.39, 0.29) is 23.9 Å². The number of carbonyl (C=O) groups excluding carboxylic acids is 2. The first-order chi connectivity index (χ1) is 14.3. The number of hydrogen-bond donors (Lipinski definition) is 1. The average Bonchev–Trinajstić information content (AvgIpc) is 3.27. The van der Waals surface area contributed by atoms with E-state index in [2.05, 4.69) is 15.5 Å². The van der Waals surface area contributed by atoms with Gasteiger partial charge in [0.1, 0.15) is 12.1 Å². The fourth-order valence-corrected chi connectivity index (χ4v) is 3.36. The highest BCUT2D eigenvalue weighted by Crippen LogP contribution is 2.31. The van der Waals surface area contributed by atoms with E-state index in [0.717, 1.165) is 4.90 Å². The highest BCUT2D eigenvalue weighted by atomic mass is 35.5. The molecule has 0 bridgehead atoms. The van der Waals surface area contributed by atoms with Crippen molar-refractivity contribution >= 4 is 29.2 Å². The summed E-state index contributed by atoms with van der Waals surface area (Å²) in [5.41, 5.74) is -0.727. The third kappa shape index (κ3) is 3.37. The maximum atomic E-state index is 13.0. The largest absolute Gasteiger partial charge is 0.337 e. The summed E-state index contributed by atoms with van der Waals surface area (Å²) in [7, 11) is 0. The number of nitrogens with zero attached hydrogens (tertiary/aromatic N) is 4. The molecule has 2 aromatic carbocycles. The number of nitro groups is 1. The van der Waals surface area contributed by atoms with Crippen LogP contribution >= 0.6 is 11.6 Å². The molecule has 0 saturated carbocycles. The minimum Gasteiger partial charge on any atom is -0.337 e. The van der Waals surface area contributed by atoms with Crippen LogP contribution in [-0.4, -0.2) is 31.9 Å². The number of hydrogen-bond acceptors (Lipinski definition) is 7. The van der Waals surface area contributed by atoms with Gasteiger partial charge in [-0.1, -0.05) is 41.0 Å². The second kappa shape index (κ2) is 7.23. The van der Waals surface area contributed by atoms with E-state index in [4.69, 9.17) is 16.1 Å². The Labute approximate surface area is 174 Å². The van der Waals surface area contributed by atoms with Crippen molar-refractivity contribution in [2.45, 2.75) is 19.0 Å². The van der Waals surface area contributed by atoms with E-state index < -0.39 is 22.4 Å². The summed E-state index contributed by atoms with van der Waals surface area (Å²) in [6.45, 7) is 1.24. The van der Waals surface area contributed by atoms with E-state index in [9.17, 15) is 19.7 Å². The van der Waals surface area contributed by atoms with Crippen LogP contribution in [0.2, 0.25) is 5.02 Å². The first-order valence-electron chi connectivity index (χ1n) is 8.75. The highest BCUT2D eigenvalue weighted by Gasteiger charge is 2.49. The maximum absolute atomic E-state index is 13.0. The molecule has 1 N–H and O–H groups in total. The number of nitrogens with one attached hydrogen (secondary N) is 1. The van der Waals surface area contributed by atoms with Crippen LogP contribution in [-0.2, 0) is 16.9 Å². The SMILES string of the molecule is CC1(c2cccc([N+](=O)[O-])c2)NC(=O)N(Cc2nc(-c3cccc(Cl)c3)no2)C1=O. The lowest BCUT2D eigenvalue weighted by Gasteiger charge is -2.21. The van der Waals surface area contributed by atoms with Gasteiger partial charge in [-0.15, -0.1) is 0 Å². The molecule has 1 aliphatic rings. The van der Waals surface area contributed by atoms with E-state index in [1.54, 1.807) is 30.3 Å². The van der Waals surface area contributed by atoms with Gasteiger partial charge in [0.25, 0.3) is 11.6 Å². The van der Waals surface area contributed by atoms with Gasteiger partial charge in [-0.3, -0.25) is 19.8 Å². The van der Waals surface area contributed by atoms with Crippen LogP contribution in [0.3, 0.4) is 0 Å². The minimum absolute atomic E-state index is 0.0526. The number of benzene rings is 2. The van der Waals surface area contributed by atoms with Gasteiger partial charge >= 0.3 is 6.03 Å². The van der Waals surface area contributed by atoms with Crippen molar-refractivity contribution in [3.8, 4) is 11.4 Å². The molecule has 10 nitrogen and oxygen atoms in total. The number of aromatic nitrogens is 2. The van der Waals surface area contributed by atoms with Crippen LogP contribution in [0, 0.1) is 10.1 Å². The normalized spacial score (nSPS) is 18.5. The van der Waals surface area contributed by atoms with Gasteiger partial charge < -0.3 is 9.84 Å². The zero-order valence-corrected chi connectivity index (χ0v) is 16.3. The lowest BCUT2D eigenvalue weighted by molar-refractivity contribution is -0.385. The molecule has 0 spiro atoms. The molecule has 152 valence electrons. The average molecular weight is 428 g/mol. The Morgan fingerprint density at radius 2 is 2.00 bits per heavy atom. The van der Waals surface area contributed by atoms with Crippen molar-refractivity contribution in [1.29, 1.82) is 0 Å². The summed E-state index contributed by atoms with van der Waals surface area (Å²) in [4.78, 5) is 41.1. The number of nitro benzene ring substituents is 1. The molecule has 2 heterocycles. The Balaban J connectivity index is 1.58. The number of non-ortho nitro benzene ring substituents is 1. The van der Waals surface area contributed by atoms with Crippen LogP contribution in [0.25, 0.3) is 11.4 Å². The minimum atomic E-state index is -1.46. The van der Waals surface area contributed by atoms with E-state index in [1.807, 2.05) is 0 Å². The number of carbonyl (C=O) groups is 2. The molecule has 1 atom stereocenters. The Bertz CT molecular complexity index is 1180. The van der Waals surface area contributed by atoms with Crippen LogP contribution in [0.1, 0.15) is 18.4 Å². The summed E-state index contributed by atoms with van der Waals surface area (Å²) in [5, 5.41) is 18.0. The van der Waals surface area contributed by atoms with E-state index >= 15 is 0 Å². The van der Waals surface area contributed by atoms with E-state index in [1.165, 1.54) is 25.1 Å². The third-order valence-electron chi connectivity index (χ3n) is 4.75. The van der Waals surface area contributed by atoms with Crippen molar-refractivity contribution in [3.05, 3.63) is 75.1 Å². The van der Waals surface area contributed by atoms with Crippen LogP contribution in [0.4, 0.5) is 10.5 Å². The number of rotatable bonds is 5. The summed E-state index contributed by atoms with van der Waals surface area (Å²) in [5.74, 6) is -0.270. The zero-order valence-electron chi connectivity index (χ0n) is 15.5. The van der Waals surface area contributed by atoms with Crippen molar-refractivity contribution in [2.24, 2.45) is 0 Å². The van der Waals surface area contributed by atoms with Crippen LogP contribution < -0.4 is 5.32 Å². The maximum Gasteiger partial charge on any atom is 0.325 e. The fraction of sp³-hybridized carbons (Fsp3) is 0.158. The molecule has 0 radical (unpaired) electrons. The molecule has 11 heteroatoms. The standard InChI is InChI=1S/C19H14ClN5O5/c1-19(12-5-3-7-14(9-12)25(28)29)17(26)24(18(27)22-19)10-15-21-16(23-30-15)11-4-2-6-13(20)8-11/h2-9H,10H2,1H3,(H,22,27). The van der Waals surface area contributed by atoms with Crippen molar-refractivity contribution < 1.29 is 19.0 Å². The highest BCUT2D eigenvalue weighted by molar-refractivity contribution is 6.30. The molecular formula is C19H14ClN5O5. The monoisotopic (exact) mass is 427 g/mol. The molecule has 1 saturated heterocycles. The number of urea groups is 1. The molecule has 1 fully saturated rings. The fourth-order valence-electron chi connectivity index (χ4n) is 3.17. The first-order valence-corrected chi connectivity index (χ1v) is 9.13. The van der Waals surface area contributed by atoms with Crippen molar-refractivity contribution in [2.75, 3.05) is 0 Å². The Hall–Kier alpha value is -3.79. The van der Waals surface area contributed by atoms with Gasteiger partial charge in [0.2, 0.25) is 11.7 Å². The lowest BCUT2D eigenvalue weighted by Crippen LogP contribution is -2.40. The predicted molar refractivity (Wildman–Crippen MR) is 104 cm³/mol. The van der Waals surface area contributed by atoms with Crippen molar-refractivity contribution in [1.82, 2.24) is 20.4 Å². The molecule has 30 heavy (non-hydrogen) atoms. The van der Waals surface area contributed by atoms with Gasteiger partial charge in [0, 0.05) is 22.7 Å². The van der Waals surface area contributed by atoms with E-state index in [0.29, 0.717) is 16.1 Å². The molecule has 1 unspecified atom stereocenters. The molecule has 0 aliphatic carbocycles. The van der Waals surface area contributed by atoms with Gasteiger partial charge in [-0.25, -0.2) is 4.79 Å². The number of halogens is 1. The van der Waals surface area contributed by atoms with Crippen LogP contribution in [0.5, 0.6) is 0 Å². The van der Waals surface area contributed by atoms with Gasteiger partial charge in [0.05, 0.1) is 4.92 Å². The van der Waals surface area contributed by atoms with Gasteiger partial charge in [-0.2, -0.15) is 4.98 Å². The summed E-state index contributed by atoms with van der Waals surface area (Å²) in [6, 6.07) is 11.7. The molecule has 1 aliphatic heterocycles. The molecule has 3 amide bonds. The Kier molecular flexibility index (Phi) is 4.70. The molecular weight excluding hydrogens is 414 g/mol. The Morgan fingerprint density at radius 3 is 2.73 bits per heavy atom. The number of amides is 3. The topological polar surface area (TPSA) is 131 Å². The smallest absolute Gasteiger partial charge is 0.325 e. The lowest BCUT2D eigenvalue weighted by atomic mass is 9.91. The summed E-state index contributed by atoms with van der Waals surface area (Å²) >= 11 is 5.96. The van der Waals surface area contributed by atoms with Crippen molar-refractivity contribution in [3.63, 3.8) is 0 Å². The Morgan fingerprint density at radius 1 is 1.23 bits per heavy atom. The first kappa shape index (κ1) is 19.5. The third-order valence-corrected chi connectivity index (χ3v) is 4.99. The molecule has 3 aromatic rings. The number of imide groups is 1. The zero-order chi connectivity index (χ0) is 21.5. The molecule has 4 rings (SSSR count). The second-order valence-corrected chi connectivity index (χ2v) is 7.21.